The number of ether oxygens (including phenoxy) is 1. The molecule has 1 aliphatic heterocycles. The molecule has 0 aromatic carbocycles. The van der Waals surface area contributed by atoms with Gasteiger partial charge in [-0.05, 0) is 57.8 Å². The molecule has 1 saturated heterocycles. The molecule has 0 radical (unpaired) electrons. The van der Waals surface area contributed by atoms with Crippen LogP contribution in [0.5, 0.6) is 0 Å². The molecule has 120 valence electrons. The van der Waals surface area contributed by atoms with Crippen LogP contribution in [0.15, 0.2) is 0 Å². The van der Waals surface area contributed by atoms with Crippen molar-refractivity contribution < 1.29 is 4.74 Å². The molecule has 0 amide bonds. The molecule has 1 N–H and O–H groups in total. The van der Waals surface area contributed by atoms with Gasteiger partial charge < -0.3 is 15.0 Å². The summed E-state index contributed by atoms with van der Waals surface area (Å²) in [6, 6.07) is 0. The Bertz CT molecular complexity index is 215. The number of nitrogens with one attached hydrogen (secondary N) is 1. The number of hydrogen-bond acceptors (Lipinski definition) is 3. The molecule has 1 atom stereocenters. The lowest BCUT2D eigenvalue weighted by atomic mass is 10.1. The lowest BCUT2D eigenvalue weighted by Crippen LogP contribution is -2.32. The summed E-state index contributed by atoms with van der Waals surface area (Å²) >= 11 is 0. The van der Waals surface area contributed by atoms with Crippen molar-refractivity contribution in [2.45, 2.75) is 65.4 Å². The van der Waals surface area contributed by atoms with E-state index in [9.17, 15) is 0 Å². The van der Waals surface area contributed by atoms with E-state index in [0.29, 0.717) is 6.10 Å². The summed E-state index contributed by atoms with van der Waals surface area (Å²) in [5.74, 6) is 0.769. The maximum absolute atomic E-state index is 5.73. The molecular formula is C17H36N2O. The Morgan fingerprint density at radius 1 is 1.20 bits per heavy atom. The molecule has 0 aromatic rings. The summed E-state index contributed by atoms with van der Waals surface area (Å²) in [5, 5.41) is 3.52. The summed E-state index contributed by atoms with van der Waals surface area (Å²) in [6.07, 6.45) is 8.42. The second-order valence-electron chi connectivity index (χ2n) is 6.54. The van der Waals surface area contributed by atoms with E-state index in [1.165, 1.54) is 51.6 Å². The highest BCUT2D eigenvalue weighted by molar-refractivity contribution is 4.70. The summed E-state index contributed by atoms with van der Waals surface area (Å²) in [5.41, 5.74) is 0. The van der Waals surface area contributed by atoms with E-state index in [-0.39, 0.29) is 0 Å². The first-order valence-corrected chi connectivity index (χ1v) is 8.77. The van der Waals surface area contributed by atoms with Gasteiger partial charge in [-0.2, -0.15) is 0 Å². The van der Waals surface area contributed by atoms with E-state index in [1.54, 1.807) is 0 Å². The summed E-state index contributed by atoms with van der Waals surface area (Å²) < 4.78 is 5.73. The molecule has 0 spiro atoms. The topological polar surface area (TPSA) is 24.5 Å². The first-order chi connectivity index (χ1) is 9.72. The zero-order chi connectivity index (χ0) is 14.6. The van der Waals surface area contributed by atoms with Gasteiger partial charge in [0.05, 0.1) is 6.10 Å². The van der Waals surface area contributed by atoms with Gasteiger partial charge in [-0.15, -0.1) is 0 Å². The highest BCUT2D eigenvalue weighted by Gasteiger charge is 2.17. The molecule has 0 bridgehead atoms. The normalized spacial score (nSPS) is 19.4. The van der Waals surface area contributed by atoms with Crippen molar-refractivity contribution in [1.29, 1.82) is 0 Å². The second-order valence-corrected chi connectivity index (χ2v) is 6.54. The van der Waals surface area contributed by atoms with Gasteiger partial charge in [-0.25, -0.2) is 0 Å². The molecule has 1 aliphatic rings. The Morgan fingerprint density at radius 3 is 2.65 bits per heavy atom. The van der Waals surface area contributed by atoms with Gasteiger partial charge in [0, 0.05) is 13.2 Å². The Labute approximate surface area is 126 Å². The number of likely N-dealkylation sites (N-methyl/N-ethyl adjacent to an activating group) is 1. The SMILES string of the molecule is CCN(CCCCCCNCC(C)C)CC1CCCO1. The van der Waals surface area contributed by atoms with Crippen LogP contribution in [-0.2, 0) is 4.74 Å². The van der Waals surface area contributed by atoms with Crippen LogP contribution in [0.4, 0.5) is 0 Å². The minimum Gasteiger partial charge on any atom is -0.377 e. The third kappa shape index (κ3) is 8.93. The maximum Gasteiger partial charge on any atom is 0.0702 e. The quantitative estimate of drug-likeness (QED) is 0.557. The number of hydrogen-bond donors (Lipinski definition) is 1. The van der Waals surface area contributed by atoms with Crippen LogP contribution < -0.4 is 5.32 Å². The number of unbranched alkanes of at least 4 members (excludes halogenated alkanes) is 3. The summed E-state index contributed by atoms with van der Waals surface area (Å²) in [7, 11) is 0. The monoisotopic (exact) mass is 284 g/mol. The first kappa shape index (κ1) is 17.9. The van der Waals surface area contributed by atoms with E-state index in [4.69, 9.17) is 4.74 Å². The van der Waals surface area contributed by atoms with E-state index in [2.05, 4.69) is 31.0 Å². The van der Waals surface area contributed by atoms with Gasteiger partial charge in [-0.1, -0.05) is 33.6 Å². The second kappa shape index (κ2) is 11.5. The fourth-order valence-electron chi connectivity index (χ4n) is 2.78. The molecule has 3 heteroatoms. The Kier molecular flexibility index (Phi) is 10.3. The molecule has 0 aliphatic carbocycles. The molecule has 1 fully saturated rings. The molecular weight excluding hydrogens is 248 g/mol. The van der Waals surface area contributed by atoms with Crippen molar-refractivity contribution in [3.63, 3.8) is 0 Å². The number of nitrogens with zero attached hydrogens (tertiary/aromatic N) is 1. The van der Waals surface area contributed by atoms with Crippen molar-refractivity contribution >= 4 is 0 Å². The highest BCUT2D eigenvalue weighted by atomic mass is 16.5. The maximum atomic E-state index is 5.73. The minimum atomic E-state index is 0.509. The van der Waals surface area contributed by atoms with E-state index >= 15 is 0 Å². The Morgan fingerprint density at radius 2 is 2.00 bits per heavy atom. The fraction of sp³-hybridized carbons (Fsp3) is 1.00. The van der Waals surface area contributed by atoms with Crippen LogP contribution in [0.25, 0.3) is 0 Å². The van der Waals surface area contributed by atoms with Crippen LogP contribution in [0.3, 0.4) is 0 Å². The fourth-order valence-corrected chi connectivity index (χ4v) is 2.78. The molecule has 3 nitrogen and oxygen atoms in total. The van der Waals surface area contributed by atoms with E-state index in [1.807, 2.05) is 0 Å². The average molecular weight is 284 g/mol. The van der Waals surface area contributed by atoms with Gasteiger partial charge in [0.2, 0.25) is 0 Å². The van der Waals surface area contributed by atoms with Crippen molar-refractivity contribution in [2.75, 3.05) is 39.3 Å². The largest absolute Gasteiger partial charge is 0.377 e. The van der Waals surface area contributed by atoms with Crippen LogP contribution in [0.2, 0.25) is 0 Å². The van der Waals surface area contributed by atoms with Crippen LogP contribution in [0.1, 0.15) is 59.3 Å². The number of rotatable bonds is 12. The zero-order valence-electron chi connectivity index (χ0n) is 14.0. The zero-order valence-corrected chi connectivity index (χ0v) is 14.0. The molecule has 1 heterocycles. The third-order valence-electron chi connectivity index (χ3n) is 4.06. The van der Waals surface area contributed by atoms with Gasteiger partial charge in [0.25, 0.3) is 0 Å². The van der Waals surface area contributed by atoms with Crippen LogP contribution in [0, 0.1) is 5.92 Å². The van der Waals surface area contributed by atoms with Gasteiger partial charge in [0.15, 0.2) is 0 Å². The first-order valence-electron chi connectivity index (χ1n) is 8.77. The van der Waals surface area contributed by atoms with Gasteiger partial charge in [-0.3, -0.25) is 0 Å². The predicted molar refractivity (Wildman–Crippen MR) is 87.3 cm³/mol. The van der Waals surface area contributed by atoms with Gasteiger partial charge in [0.1, 0.15) is 0 Å². The smallest absolute Gasteiger partial charge is 0.0702 e. The Balaban J connectivity index is 1.90. The van der Waals surface area contributed by atoms with E-state index < -0.39 is 0 Å². The van der Waals surface area contributed by atoms with Crippen molar-refractivity contribution in [3.8, 4) is 0 Å². The lowest BCUT2D eigenvalue weighted by molar-refractivity contribution is 0.0742. The van der Waals surface area contributed by atoms with Crippen LogP contribution >= 0.6 is 0 Å². The minimum absolute atomic E-state index is 0.509. The third-order valence-corrected chi connectivity index (χ3v) is 4.06. The van der Waals surface area contributed by atoms with E-state index in [0.717, 1.165) is 32.2 Å². The molecule has 0 saturated carbocycles. The summed E-state index contributed by atoms with van der Waals surface area (Å²) in [4.78, 5) is 2.56. The standard InChI is InChI=1S/C17H36N2O/c1-4-19(15-17-10-9-13-20-17)12-8-6-5-7-11-18-14-16(2)3/h16-18H,4-15H2,1-3H3. The van der Waals surface area contributed by atoms with Gasteiger partial charge >= 0.3 is 0 Å². The predicted octanol–water partition coefficient (Wildman–Crippen LogP) is 3.29. The summed E-state index contributed by atoms with van der Waals surface area (Å²) in [6.45, 7) is 13.7. The molecule has 20 heavy (non-hydrogen) atoms. The molecule has 1 rings (SSSR count). The highest BCUT2D eigenvalue weighted by Crippen LogP contribution is 2.13. The van der Waals surface area contributed by atoms with Crippen molar-refractivity contribution in [3.05, 3.63) is 0 Å². The average Bonchev–Trinajstić information content (AvgIpc) is 2.93. The van der Waals surface area contributed by atoms with Crippen molar-refractivity contribution in [2.24, 2.45) is 5.92 Å². The molecule has 0 aromatic heterocycles. The van der Waals surface area contributed by atoms with Crippen molar-refractivity contribution in [1.82, 2.24) is 10.2 Å². The van der Waals surface area contributed by atoms with Crippen LogP contribution in [-0.4, -0.2) is 50.3 Å². The Hall–Kier alpha value is -0.120. The molecule has 1 unspecified atom stereocenters. The lowest BCUT2D eigenvalue weighted by Gasteiger charge is -2.23.